The van der Waals surface area contributed by atoms with E-state index >= 15 is 0 Å². The van der Waals surface area contributed by atoms with Crippen LogP contribution in [0.2, 0.25) is 0 Å². The van der Waals surface area contributed by atoms with Crippen molar-refractivity contribution in [2.24, 2.45) is 0 Å². The minimum absolute atomic E-state index is 0.228. The van der Waals surface area contributed by atoms with E-state index in [1.165, 1.54) is 0 Å². The van der Waals surface area contributed by atoms with Gasteiger partial charge in [-0.05, 0) is 23.8 Å². The first-order valence-corrected chi connectivity index (χ1v) is 5.50. The molecule has 1 aromatic heterocycles. The predicted molar refractivity (Wildman–Crippen MR) is 65.6 cm³/mol. The van der Waals surface area contributed by atoms with Crippen molar-refractivity contribution in [2.45, 2.75) is 13.3 Å². The van der Waals surface area contributed by atoms with Crippen LogP contribution >= 0.6 is 0 Å². The van der Waals surface area contributed by atoms with Gasteiger partial charge in [-0.15, -0.1) is 0 Å². The number of aromatic nitrogens is 1. The minimum atomic E-state index is -0.228. The second kappa shape index (κ2) is 5.25. The molecule has 0 fully saturated rings. The lowest BCUT2D eigenvalue weighted by Crippen LogP contribution is -2.05. The van der Waals surface area contributed by atoms with E-state index in [9.17, 15) is 4.79 Å². The number of ether oxygens (including phenoxy) is 1. The van der Waals surface area contributed by atoms with Crippen molar-refractivity contribution in [3.8, 4) is 16.9 Å². The summed E-state index contributed by atoms with van der Waals surface area (Å²) in [6.45, 7) is 1.77. The van der Waals surface area contributed by atoms with E-state index in [4.69, 9.17) is 4.74 Å². The van der Waals surface area contributed by atoms with Crippen LogP contribution in [0.15, 0.2) is 48.8 Å². The van der Waals surface area contributed by atoms with E-state index in [1.807, 2.05) is 30.3 Å². The predicted octanol–water partition coefficient (Wildman–Crippen LogP) is 3.06. The third-order valence-electron chi connectivity index (χ3n) is 2.35. The van der Waals surface area contributed by atoms with Crippen molar-refractivity contribution in [2.75, 3.05) is 0 Å². The number of carbonyl (C=O) groups excluding carboxylic acids is 1. The van der Waals surface area contributed by atoms with Crippen molar-refractivity contribution >= 4 is 5.97 Å². The Kier molecular flexibility index (Phi) is 3.50. The molecular weight excluding hydrogens is 214 g/mol. The van der Waals surface area contributed by atoms with Gasteiger partial charge < -0.3 is 4.74 Å². The Hall–Kier alpha value is -2.16. The Bertz CT molecular complexity index is 509. The zero-order chi connectivity index (χ0) is 12.1. The lowest BCUT2D eigenvalue weighted by Gasteiger charge is -2.05. The largest absolute Gasteiger partial charge is 0.427 e. The van der Waals surface area contributed by atoms with Gasteiger partial charge in [0.05, 0.1) is 0 Å². The fraction of sp³-hybridized carbons (Fsp3) is 0.143. The first kappa shape index (κ1) is 11.3. The molecule has 0 aliphatic heterocycles. The summed E-state index contributed by atoms with van der Waals surface area (Å²) in [5.41, 5.74) is 1.99. The summed E-state index contributed by atoms with van der Waals surface area (Å²) >= 11 is 0. The van der Waals surface area contributed by atoms with Gasteiger partial charge in [-0.3, -0.25) is 9.78 Å². The van der Waals surface area contributed by atoms with Gasteiger partial charge in [-0.1, -0.05) is 25.1 Å². The molecule has 0 amide bonds. The number of esters is 1. The molecule has 1 aromatic carbocycles. The van der Waals surface area contributed by atoms with Crippen molar-refractivity contribution in [1.29, 1.82) is 0 Å². The Morgan fingerprint density at radius 1 is 1.24 bits per heavy atom. The molecule has 0 N–H and O–H groups in total. The molecule has 1 heterocycles. The third kappa shape index (κ3) is 2.91. The summed E-state index contributed by atoms with van der Waals surface area (Å²) in [5.74, 6) is 0.339. The van der Waals surface area contributed by atoms with Gasteiger partial charge in [0.2, 0.25) is 0 Å². The van der Waals surface area contributed by atoms with Crippen LogP contribution in [-0.2, 0) is 4.79 Å². The smallest absolute Gasteiger partial charge is 0.310 e. The number of benzene rings is 1. The van der Waals surface area contributed by atoms with Gasteiger partial charge in [-0.25, -0.2) is 0 Å². The molecule has 2 aromatic rings. The number of nitrogens with zero attached hydrogens (tertiary/aromatic N) is 1. The monoisotopic (exact) mass is 227 g/mol. The van der Waals surface area contributed by atoms with Gasteiger partial charge in [0.1, 0.15) is 5.75 Å². The van der Waals surface area contributed by atoms with E-state index in [2.05, 4.69) is 4.98 Å². The van der Waals surface area contributed by atoms with Gasteiger partial charge in [-0.2, -0.15) is 0 Å². The Morgan fingerprint density at radius 3 is 2.76 bits per heavy atom. The lowest BCUT2D eigenvalue weighted by molar-refractivity contribution is -0.134. The molecular formula is C14H13NO2. The molecule has 17 heavy (non-hydrogen) atoms. The number of rotatable bonds is 3. The average Bonchev–Trinajstić information content (AvgIpc) is 2.40. The van der Waals surface area contributed by atoms with E-state index in [0.29, 0.717) is 12.2 Å². The van der Waals surface area contributed by atoms with E-state index in [0.717, 1.165) is 11.1 Å². The van der Waals surface area contributed by atoms with Crippen LogP contribution in [-0.4, -0.2) is 11.0 Å². The number of hydrogen-bond acceptors (Lipinski definition) is 3. The molecule has 0 unspecified atom stereocenters. The standard InChI is InChI=1S/C14H13NO2/c1-2-14(16)17-13-7-3-5-11(9-13)12-6-4-8-15-10-12/h3-10H,2H2,1H3. The lowest BCUT2D eigenvalue weighted by atomic mass is 10.1. The number of pyridine rings is 1. The fourth-order valence-corrected chi connectivity index (χ4v) is 1.48. The summed E-state index contributed by atoms with van der Waals surface area (Å²) in [4.78, 5) is 15.3. The Labute approximate surface area is 100 Å². The van der Waals surface area contributed by atoms with Crippen LogP contribution in [0, 0.1) is 0 Å². The highest BCUT2D eigenvalue weighted by Gasteiger charge is 2.03. The van der Waals surface area contributed by atoms with Gasteiger partial charge in [0, 0.05) is 24.4 Å². The summed E-state index contributed by atoms with van der Waals surface area (Å²) in [5, 5.41) is 0. The second-order valence-corrected chi connectivity index (χ2v) is 3.60. The van der Waals surface area contributed by atoms with Gasteiger partial charge in [0.15, 0.2) is 0 Å². The summed E-state index contributed by atoms with van der Waals surface area (Å²) in [7, 11) is 0. The first-order chi connectivity index (χ1) is 8.29. The molecule has 0 saturated heterocycles. The van der Waals surface area contributed by atoms with Crippen LogP contribution in [0.25, 0.3) is 11.1 Å². The second-order valence-electron chi connectivity index (χ2n) is 3.60. The highest BCUT2D eigenvalue weighted by atomic mass is 16.5. The van der Waals surface area contributed by atoms with Crippen LogP contribution in [0.4, 0.5) is 0 Å². The summed E-state index contributed by atoms with van der Waals surface area (Å²) in [6, 6.07) is 11.3. The molecule has 0 spiro atoms. The highest BCUT2D eigenvalue weighted by molar-refractivity contribution is 5.73. The summed E-state index contributed by atoms with van der Waals surface area (Å²) < 4.78 is 5.17. The van der Waals surface area contributed by atoms with E-state index in [-0.39, 0.29) is 5.97 Å². The van der Waals surface area contributed by atoms with Crippen LogP contribution < -0.4 is 4.74 Å². The normalized spacial score (nSPS) is 9.94. The third-order valence-corrected chi connectivity index (χ3v) is 2.35. The molecule has 3 nitrogen and oxygen atoms in total. The quantitative estimate of drug-likeness (QED) is 0.597. The number of hydrogen-bond donors (Lipinski definition) is 0. The Morgan fingerprint density at radius 2 is 2.06 bits per heavy atom. The van der Waals surface area contributed by atoms with Crippen LogP contribution in [0.1, 0.15) is 13.3 Å². The maximum atomic E-state index is 11.2. The van der Waals surface area contributed by atoms with E-state index in [1.54, 1.807) is 25.4 Å². The molecule has 3 heteroatoms. The zero-order valence-corrected chi connectivity index (χ0v) is 9.59. The van der Waals surface area contributed by atoms with Crippen molar-refractivity contribution in [3.05, 3.63) is 48.8 Å². The van der Waals surface area contributed by atoms with Gasteiger partial charge in [0.25, 0.3) is 0 Å². The Balaban J connectivity index is 2.26. The molecule has 0 aliphatic carbocycles. The highest BCUT2D eigenvalue weighted by Crippen LogP contribution is 2.23. The molecule has 0 radical (unpaired) electrons. The molecule has 0 atom stereocenters. The molecule has 0 saturated carbocycles. The molecule has 0 aliphatic rings. The van der Waals surface area contributed by atoms with Crippen molar-refractivity contribution < 1.29 is 9.53 Å². The van der Waals surface area contributed by atoms with E-state index < -0.39 is 0 Å². The van der Waals surface area contributed by atoms with Crippen LogP contribution in [0.5, 0.6) is 5.75 Å². The fourth-order valence-electron chi connectivity index (χ4n) is 1.48. The van der Waals surface area contributed by atoms with Crippen LogP contribution in [0.3, 0.4) is 0 Å². The van der Waals surface area contributed by atoms with Crippen molar-refractivity contribution in [1.82, 2.24) is 4.98 Å². The SMILES string of the molecule is CCC(=O)Oc1cccc(-c2cccnc2)c1. The minimum Gasteiger partial charge on any atom is -0.427 e. The molecule has 86 valence electrons. The van der Waals surface area contributed by atoms with Gasteiger partial charge >= 0.3 is 5.97 Å². The van der Waals surface area contributed by atoms with Crippen molar-refractivity contribution in [3.63, 3.8) is 0 Å². The average molecular weight is 227 g/mol. The maximum Gasteiger partial charge on any atom is 0.310 e. The molecule has 2 rings (SSSR count). The zero-order valence-electron chi connectivity index (χ0n) is 9.59. The topological polar surface area (TPSA) is 39.2 Å². The molecule has 0 bridgehead atoms. The first-order valence-electron chi connectivity index (χ1n) is 5.50. The maximum absolute atomic E-state index is 11.2. The summed E-state index contributed by atoms with van der Waals surface area (Å²) in [6.07, 6.45) is 3.88. The number of carbonyl (C=O) groups is 1.